The molecule has 28 heavy (non-hydrogen) atoms. The van der Waals surface area contributed by atoms with Gasteiger partial charge in [0.25, 0.3) is 5.91 Å². The maximum absolute atomic E-state index is 12.1. The molecule has 0 fully saturated rings. The molecule has 1 rings (SSSR count). The number of halogens is 1. The number of alkyl halides is 1. The van der Waals surface area contributed by atoms with Crippen LogP contribution in [0.5, 0.6) is 0 Å². The van der Waals surface area contributed by atoms with Crippen LogP contribution in [0.2, 0.25) is 0 Å². The van der Waals surface area contributed by atoms with Gasteiger partial charge in [-0.1, -0.05) is 79.6 Å². The summed E-state index contributed by atoms with van der Waals surface area (Å²) in [5, 5.41) is 7.27. The summed E-state index contributed by atoms with van der Waals surface area (Å²) in [6, 6.07) is 7.75. The van der Waals surface area contributed by atoms with Gasteiger partial charge in [-0.15, -0.1) is 0 Å². The molecule has 1 aromatic carbocycles. The predicted molar refractivity (Wildman–Crippen MR) is 127 cm³/mol. The van der Waals surface area contributed by atoms with Crippen molar-refractivity contribution < 1.29 is 4.79 Å². The van der Waals surface area contributed by atoms with Crippen LogP contribution in [0.25, 0.3) is 0 Å². The Morgan fingerprint density at radius 2 is 1.64 bits per heavy atom. The number of hydrogen-bond acceptors (Lipinski definition) is 2. The van der Waals surface area contributed by atoms with Crippen molar-refractivity contribution in [3.05, 3.63) is 42.0 Å². The number of anilines is 1. The minimum atomic E-state index is -0.00195. The topological polar surface area (TPSA) is 41.1 Å². The van der Waals surface area contributed by atoms with Crippen LogP contribution in [0.3, 0.4) is 0 Å². The molecule has 0 spiro atoms. The second-order valence-electron chi connectivity index (χ2n) is 7.33. The van der Waals surface area contributed by atoms with Crippen LogP contribution in [0.4, 0.5) is 5.69 Å². The molecule has 0 saturated heterocycles. The first-order valence-electron chi connectivity index (χ1n) is 11.1. The average Bonchev–Trinajstić information content (AvgIpc) is 2.72. The molecule has 4 heteroatoms. The molecule has 0 aliphatic heterocycles. The normalized spacial score (nSPS) is 11.1. The molecular formula is C24H39BrN2O. The Morgan fingerprint density at radius 3 is 2.39 bits per heavy atom. The van der Waals surface area contributed by atoms with E-state index in [9.17, 15) is 4.79 Å². The summed E-state index contributed by atoms with van der Waals surface area (Å²) >= 11 is 3.37. The van der Waals surface area contributed by atoms with E-state index in [-0.39, 0.29) is 5.91 Å². The first-order valence-corrected chi connectivity index (χ1v) is 12.2. The highest BCUT2D eigenvalue weighted by Gasteiger charge is 2.05. The maximum atomic E-state index is 12.1. The molecular weight excluding hydrogens is 412 g/mol. The van der Waals surface area contributed by atoms with Crippen LogP contribution in [0.1, 0.15) is 87.9 Å². The first-order chi connectivity index (χ1) is 13.8. The Labute approximate surface area is 180 Å². The van der Waals surface area contributed by atoms with Gasteiger partial charge in [-0.05, 0) is 50.3 Å². The molecule has 158 valence electrons. The van der Waals surface area contributed by atoms with Gasteiger partial charge in [0.05, 0.1) is 0 Å². The number of carbonyl (C=O) groups is 1. The van der Waals surface area contributed by atoms with Crippen molar-refractivity contribution in [2.45, 2.75) is 77.6 Å². The predicted octanol–water partition coefficient (Wildman–Crippen LogP) is 7.09. The molecule has 0 saturated carbocycles. The van der Waals surface area contributed by atoms with Gasteiger partial charge in [-0.25, -0.2) is 0 Å². The van der Waals surface area contributed by atoms with E-state index in [1.807, 2.05) is 24.3 Å². The monoisotopic (exact) mass is 450 g/mol. The number of benzene rings is 1. The number of nitrogens with one attached hydrogen (secondary N) is 2. The fourth-order valence-corrected chi connectivity index (χ4v) is 3.33. The minimum Gasteiger partial charge on any atom is -0.385 e. The number of rotatable bonds is 17. The average molecular weight is 451 g/mol. The van der Waals surface area contributed by atoms with Gasteiger partial charge in [0.1, 0.15) is 0 Å². The van der Waals surface area contributed by atoms with E-state index in [0.29, 0.717) is 12.1 Å². The van der Waals surface area contributed by atoms with Gasteiger partial charge in [0.15, 0.2) is 0 Å². The van der Waals surface area contributed by atoms with Crippen LogP contribution in [0.15, 0.2) is 36.4 Å². The molecule has 0 unspecified atom stereocenters. The van der Waals surface area contributed by atoms with Crippen molar-refractivity contribution >= 4 is 27.5 Å². The van der Waals surface area contributed by atoms with Crippen molar-refractivity contribution in [2.75, 3.05) is 23.7 Å². The van der Waals surface area contributed by atoms with E-state index in [2.05, 4.69) is 45.6 Å². The van der Waals surface area contributed by atoms with Crippen molar-refractivity contribution in [3.8, 4) is 0 Å². The molecule has 2 N–H and O–H groups in total. The highest BCUT2D eigenvalue weighted by molar-refractivity contribution is 9.09. The van der Waals surface area contributed by atoms with E-state index >= 15 is 0 Å². The Hall–Kier alpha value is -1.29. The lowest BCUT2D eigenvalue weighted by Gasteiger charge is -2.08. The quantitative estimate of drug-likeness (QED) is 0.151. The van der Waals surface area contributed by atoms with Gasteiger partial charge < -0.3 is 10.6 Å². The summed E-state index contributed by atoms with van der Waals surface area (Å²) in [5.74, 6) is -0.00195. The van der Waals surface area contributed by atoms with Crippen molar-refractivity contribution in [1.29, 1.82) is 0 Å². The number of allylic oxidation sites excluding steroid dienone is 2. The van der Waals surface area contributed by atoms with Gasteiger partial charge in [0, 0.05) is 29.7 Å². The standard InChI is InChI=1S/C24H39BrN2O/c1-2-3-4-5-6-7-8-9-10-11-12-13-19-26-23-17-14-16-22(21-23)24(28)27-20-15-18-25/h10-11,14,16-17,21,26H,2-9,12-13,15,18-20H2,1H3,(H,27,28)/b11-10+. The molecule has 0 bridgehead atoms. The van der Waals surface area contributed by atoms with Crippen molar-refractivity contribution in [1.82, 2.24) is 5.32 Å². The van der Waals surface area contributed by atoms with Crippen molar-refractivity contribution in [2.24, 2.45) is 0 Å². The van der Waals surface area contributed by atoms with E-state index in [1.54, 1.807) is 0 Å². The van der Waals surface area contributed by atoms with E-state index in [0.717, 1.165) is 36.8 Å². The molecule has 0 atom stereocenters. The molecule has 0 heterocycles. The third-order valence-electron chi connectivity index (χ3n) is 4.74. The van der Waals surface area contributed by atoms with Crippen molar-refractivity contribution in [3.63, 3.8) is 0 Å². The smallest absolute Gasteiger partial charge is 0.251 e. The van der Waals surface area contributed by atoms with Gasteiger partial charge in [-0.2, -0.15) is 0 Å². The third-order valence-corrected chi connectivity index (χ3v) is 5.30. The zero-order chi connectivity index (χ0) is 20.3. The maximum Gasteiger partial charge on any atom is 0.251 e. The fraction of sp³-hybridized carbons (Fsp3) is 0.625. The largest absolute Gasteiger partial charge is 0.385 e. The molecule has 1 aromatic rings. The molecule has 1 amide bonds. The van der Waals surface area contributed by atoms with Gasteiger partial charge >= 0.3 is 0 Å². The lowest BCUT2D eigenvalue weighted by molar-refractivity contribution is 0.0954. The summed E-state index contributed by atoms with van der Waals surface area (Å²) in [5.41, 5.74) is 1.73. The zero-order valence-corrected chi connectivity index (χ0v) is 19.2. The number of carbonyl (C=O) groups excluding carboxylic acids is 1. The van der Waals surface area contributed by atoms with Crippen LogP contribution in [0, 0.1) is 0 Å². The Morgan fingerprint density at radius 1 is 0.929 bits per heavy atom. The SMILES string of the molecule is CCCCCCCCC/C=C/CCCNc1cccc(C(=O)NCCCBr)c1. The molecule has 0 aliphatic carbocycles. The zero-order valence-electron chi connectivity index (χ0n) is 17.6. The molecule has 0 radical (unpaired) electrons. The summed E-state index contributed by atoms with van der Waals surface area (Å²) in [7, 11) is 0. The summed E-state index contributed by atoms with van der Waals surface area (Å²) in [6.07, 6.45) is 18.6. The second-order valence-corrected chi connectivity index (χ2v) is 8.12. The summed E-state index contributed by atoms with van der Waals surface area (Å²) in [6.45, 7) is 3.90. The van der Waals surface area contributed by atoms with Gasteiger partial charge in [-0.3, -0.25) is 4.79 Å². The minimum absolute atomic E-state index is 0.00195. The lowest BCUT2D eigenvalue weighted by atomic mass is 10.1. The highest BCUT2D eigenvalue weighted by atomic mass is 79.9. The van der Waals surface area contributed by atoms with Crippen LogP contribution in [-0.2, 0) is 0 Å². The molecule has 3 nitrogen and oxygen atoms in total. The summed E-state index contributed by atoms with van der Waals surface area (Å²) < 4.78 is 0. The number of unbranched alkanes of at least 4 members (excludes halogenated alkanes) is 8. The van der Waals surface area contributed by atoms with Crippen LogP contribution < -0.4 is 10.6 Å². The Balaban J connectivity index is 2.08. The third kappa shape index (κ3) is 13.0. The molecule has 0 aromatic heterocycles. The lowest BCUT2D eigenvalue weighted by Crippen LogP contribution is -2.24. The Bertz CT molecular complexity index is 545. The molecule has 0 aliphatic rings. The van der Waals surface area contributed by atoms with Crippen LogP contribution in [-0.4, -0.2) is 24.3 Å². The number of amides is 1. The van der Waals surface area contributed by atoms with E-state index in [1.165, 1.54) is 51.4 Å². The highest BCUT2D eigenvalue weighted by Crippen LogP contribution is 2.11. The summed E-state index contributed by atoms with van der Waals surface area (Å²) in [4.78, 5) is 12.1. The number of hydrogen-bond donors (Lipinski definition) is 2. The van der Waals surface area contributed by atoms with E-state index in [4.69, 9.17) is 0 Å². The second kappa shape index (κ2) is 17.8. The Kier molecular flexibility index (Phi) is 15.7. The van der Waals surface area contributed by atoms with Gasteiger partial charge in [0.2, 0.25) is 0 Å². The van der Waals surface area contributed by atoms with Crippen LogP contribution >= 0.6 is 15.9 Å². The fourth-order valence-electron chi connectivity index (χ4n) is 3.05. The first kappa shape index (κ1) is 24.7. The van der Waals surface area contributed by atoms with E-state index < -0.39 is 0 Å².